The van der Waals surface area contributed by atoms with Crippen molar-refractivity contribution < 1.29 is 23.9 Å². The first-order valence-corrected chi connectivity index (χ1v) is 12.3. The average Bonchev–Trinajstić information content (AvgIpc) is 3.03. The molecule has 172 valence electrons. The minimum atomic E-state index is -1.80. The fourth-order valence-electron chi connectivity index (χ4n) is 3.42. The molecule has 1 N–H and O–H groups in total. The van der Waals surface area contributed by atoms with Crippen molar-refractivity contribution in [3.63, 3.8) is 0 Å². The Hall–Kier alpha value is -1.51. The molecule has 3 unspecified atom stereocenters. The van der Waals surface area contributed by atoms with Gasteiger partial charge in [-0.1, -0.05) is 53.0 Å². The number of fused-ring (bicyclic) bond motifs is 1. The summed E-state index contributed by atoms with van der Waals surface area (Å²) >= 11 is 19.3. The first-order valence-electron chi connectivity index (χ1n) is 9.27. The lowest BCUT2D eigenvalue weighted by Gasteiger charge is -2.44. The van der Waals surface area contributed by atoms with Crippen LogP contribution in [0.25, 0.3) is 0 Å². The molecule has 0 bridgehead atoms. The van der Waals surface area contributed by atoms with Gasteiger partial charge in [-0.2, -0.15) is 5.26 Å². The molecule has 2 fully saturated rings. The number of β-lactam (4-membered cyclic amide) rings is 1. The van der Waals surface area contributed by atoms with E-state index < -0.39 is 50.4 Å². The number of rotatable bonds is 8. The highest BCUT2D eigenvalue weighted by Gasteiger charge is 2.66. The van der Waals surface area contributed by atoms with Gasteiger partial charge in [0, 0.05) is 5.75 Å². The van der Waals surface area contributed by atoms with Gasteiger partial charge in [0.15, 0.2) is 6.61 Å². The topological polar surface area (TPSA) is 109 Å². The van der Waals surface area contributed by atoms with Crippen LogP contribution in [0.1, 0.15) is 6.92 Å². The van der Waals surface area contributed by atoms with E-state index in [1.807, 2.05) is 11.5 Å². The standard InChI is InChI=1S/C19H18Cl3N3O5S2/c1-18(9-31-10-23)14(17(28)30-8-19(20,21)22)25-15(27)13(16(25)32-18)24-12(26)7-29-11-5-3-2-4-6-11/h2-6,13-14,16H,7-9H2,1H3,(H,24,26)/t13?,14?,16-,18?/m0/s1. The molecule has 3 rings (SSSR count). The summed E-state index contributed by atoms with van der Waals surface area (Å²) in [7, 11) is 0. The number of thioether (sulfide) groups is 2. The largest absolute Gasteiger partial charge is 0.484 e. The maximum Gasteiger partial charge on any atom is 0.330 e. The predicted molar refractivity (Wildman–Crippen MR) is 124 cm³/mol. The predicted octanol–water partition coefficient (Wildman–Crippen LogP) is 2.72. The lowest BCUT2D eigenvalue weighted by Crippen LogP contribution is -2.71. The van der Waals surface area contributed by atoms with Crippen molar-refractivity contribution in [1.29, 1.82) is 5.26 Å². The number of nitrogens with one attached hydrogen (secondary N) is 1. The molecule has 1 aromatic carbocycles. The van der Waals surface area contributed by atoms with Gasteiger partial charge in [-0.05, 0) is 30.8 Å². The molecule has 2 saturated heterocycles. The van der Waals surface area contributed by atoms with E-state index in [1.54, 1.807) is 31.2 Å². The molecule has 13 heteroatoms. The van der Waals surface area contributed by atoms with Crippen LogP contribution in [-0.2, 0) is 19.1 Å². The zero-order valence-corrected chi connectivity index (χ0v) is 20.5. The van der Waals surface area contributed by atoms with E-state index in [0.29, 0.717) is 5.75 Å². The Morgan fingerprint density at radius 3 is 2.66 bits per heavy atom. The molecular weight excluding hydrogens is 521 g/mol. The molecule has 32 heavy (non-hydrogen) atoms. The number of alkyl halides is 3. The minimum absolute atomic E-state index is 0.250. The summed E-state index contributed by atoms with van der Waals surface area (Å²) in [5, 5.41) is 13.1. The Morgan fingerprint density at radius 1 is 1.34 bits per heavy atom. The smallest absolute Gasteiger partial charge is 0.330 e. The highest BCUT2D eigenvalue weighted by molar-refractivity contribution is 8.06. The molecule has 0 spiro atoms. The lowest BCUT2D eigenvalue weighted by atomic mass is 9.95. The molecule has 2 amide bonds. The molecule has 2 aliphatic rings. The maximum atomic E-state index is 12.8. The van der Waals surface area contributed by atoms with Crippen molar-refractivity contribution in [3.8, 4) is 11.2 Å². The molecular formula is C19H18Cl3N3O5S2. The van der Waals surface area contributed by atoms with Crippen LogP contribution in [0.5, 0.6) is 5.75 Å². The number of nitriles is 1. The number of esters is 1. The van der Waals surface area contributed by atoms with E-state index in [2.05, 4.69) is 5.32 Å². The lowest BCUT2D eigenvalue weighted by molar-refractivity contribution is -0.164. The van der Waals surface area contributed by atoms with Crippen molar-refractivity contribution in [2.24, 2.45) is 0 Å². The van der Waals surface area contributed by atoms with Gasteiger partial charge in [0.2, 0.25) is 9.70 Å². The first kappa shape index (κ1) is 25.1. The molecule has 2 heterocycles. The number of amides is 2. The van der Waals surface area contributed by atoms with Gasteiger partial charge in [0.1, 0.15) is 35.2 Å². The van der Waals surface area contributed by atoms with E-state index in [-0.39, 0.29) is 12.4 Å². The Morgan fingerprint density at radius 2 is 2.03 bits per heavy atom. The number of benzene rings is 1. The van der Waals surface area contributed by atoms with Crippen LogP contribution >= 0.6 is 58.3 Å². The fourth-order valence-corrected chi connectivity index (χ4v) is 6.09. The Kier molecular flexibility index (Phi) is 7.99. The van der Waals surface area contributed by atoms with Gasteiger partial charge in [-0.3, -0.25) is 9.59 Å². The average molecular weight is 539 g/mol. The quantitative estimate of drug-likeness (QED) is 0.233. The normalized spacial score (nSPS) is 26.5. The van der Waals surface area contributed by atoms with Crippen molar-refractivity contribution in [2.45, 2.75) is 32.9 Å². The van der Waals surface area contributed by atoms with Crippen molar-refractivity contribution >= 4 is 76.1 Å². The Bertz CT molecular complexity index is 927. The summed E-state index contributed by atoms with van der Waals surface area (Å²) in [4.78, 5) is 39.3. The molecule has 0 saturated carbocycles. The van der Waals surface area contributed by atoms with Crippen LogP contribution in [0.15, 0.2) is 30.3 Å². The summed E-state index contributed by atoms with van der Waals surface area (Å²) in [5.74, 6) is -0.866. The van der Waals surface area contributed by atoms with Crippen molar-refractivity contribution in [1.82, 2.24) is 10.2 Å². The van der Waals surface area contributed by atoms with Crippen molar-refractivity contribution in [2.75, 3.05) is 19.0 Å². The van der Waals surface area contributed by atoms with Gasteiger partial charge in [-0.15, -0.1) is 11.8 Å². The molecule has 0 aliphatic carbocycles. The third-order valence-electron chi connectivity index (χ3n) is 4.78. The highest BCUT2D eigenvalue weighted by atomic mass is 35.6. The summed E-state index contributed by atoms with van der Waals surface area (Å²) in [6.07, 6.45) is 0. The number of hydrogen-bond acceptors (Lipinski definition) is 8. The Balaban J connectivity index is 1.67. The van der Waals surface area contributed by atoms with Crippen LogP contribution in [0.3, 0.4) is 0 Å². The van der Waals surface area contributed by atoms with E-state index in [4.69, 9.17) is 49.5 Å². The van der Waals surface area contributed by atoms with Gasteiger partial charge in [0.05, 0.1) is 4.75 Å². The Labute approximate surface area is 208 Å². The zero-order chi connectivity index (χ0) is 23.5. The van der Waals surface area contributed by atoms with Crippen LogP contribution in [-0.4, -0.2) is 67.6 Å². The van der Waals surface area contributed by atoms with Crippen LogP contribution in [0.2, 0.25) is 0 Å². The number of halogens is 3. The highest BCUT2D eigenvalue weighted by Crippen LogP contribution is 2.52. The van der Waals surface area contributed by atoms with E-state index in [1.165, 1.54) is 16.7 Å². The SMILES string of the molecule is CC1(CSC#N)S[C@H]2C(NC(=O)COc3ccccc3)C(=O)N2C1C(=O)OCC(Cl)(Cl)Cl. The number of carbonyl (C=O) groups is 3. The zero-order valence-electron chi connectivity index (χ0n) is 16.6. The second kappa shape index (κ2) is 10.2. The van der Waals surface area contributed by atoms with Gasteiger partial charge < -0.3 is 19.7 Å². The molecule has 8 nitrogen and oxygen atoms in total. The number of hydrogen-bond donors (Lipinski definition) is 1. The summed E-state index contributed by atoms with van der Waals surface area (Å²) < 4.78 is 7.89. The number of thiocyanates is 1. The second-order valence-electron chi connectivity index (χ2n) is 7.22. The summed E-state index contributed by atoms with van der Waals surface area (Å²) in [6, 6.07) is 6.97. The molecule has 2 aliphatic heterocycles. The fraction of sp³-hybridized carbons (Fsp3) is 0.474. The van der Waals surface area contributed by atoms with Crippen molar-refractivity contribution in [3.05, 3.63) is 30.3 Å². The third kappa shape index (κ3) is 5.69. The van der Waals surface area contributed by atoms with Crippen LogP contribution < -0.4 is 10.1 Å². The van der Waals surface area contributed by atoms with E-state index in [0.717, 1.165) is 11.8 Å². The molecule has 4 atom stereocenters. The summed E-state index contributed by atoms with van der Waals surface area (Å²) in [5.41, 5.74) is 0. The molecule has 1 aromatic rings. The van der Waals surface area contributed by atoms with Gasteiger partial charge >= 0.3 is 5.97 Å². The van der Waals surface area contributed by atoms with E-state index in [9.17, 15) is 14.4 Å². The first-order chi connectivity index (χ1) is 15.1. The number of nitrogens with zero attached hydrogens (tertiary/aromatic N) is 2. The maximum absolute atomic E-state index is 12.8. The minimum Gasteiger partial charge on any atom is -0.484 e. The number of ether oxygens (including phenoxy) is 2. The number of carbonyl (C=O) groups excluding carboxylic acids is 3. The molecule has 0 aromatic heterocycles. The van der Waals surface area contributed by atoms with Gasteiger partial charge in [-0.25, -0.2) is 4.79 Å². The van der Waals surface area contributed by atoms with Crippen LogP contribution in [0.4, 0.5) is 0 Å². The second-order valence-corrected chi connectivity index (χ2v) is 12.1. The molecule has 0 radical (unpaired) electrons. The van der Waals surface area contributed by atoms with Gasteiger partial charge in [0.25, 0.3) is 5.91 Å². The van der Waals surface area contributed by atoms with Crippen LogP contribution in [0, 0.1) is 10.7 Å². The van der Waals surface area contributed by atoms with E-state index >= 15 is 0 Å². The monoisotopic (exact) mass is 537 g/mol. The third-order valence-corrected chi connectivity index (χ3v) is 7.81. The summed E-state index contributed by atoms with van der Waals surface area (Å²) in [6.45, 7) is 1.01. The number of para-hydroxylation sites is 1.